The predicted molar refractivity (Wildman–Crippen MR) is 63.3 cm³/mol. The summed E-state index contributed by atoms with van der Waals surface area (Å²) < 4.78 is 6.20. The molecule has 3 aliphatic rings. The van der Waals surface area contributed by atoms with Crippen molar-refractivity contribution >= 4 is 5.78 Å². The number of fused-ring (bicyclic) bond motifs is 4. The van der Waals surface area contributed by atoms with Crippen LogP contribution >= 0.6 is 0 Å². The van der Waals surface area contributed by atoms with E-state index in [2.05, 4.69) is 5.32 Å². The Bertz CT molecular complexity index is 499. The summed E-state index contributed by atoms with van der Waals surface area (Å²) in [5, 5.41) is 3.56. The van der Waals surface area contributed by atoms with Gasteiger partial charge in [-0.3, -0.25) is 4.79 Å². The molecule has 17 heavy (non-hydrogen) atoms. The molecule has 3 aliphatic heterocycles. The Balaban J connectivity index is 1.77. The lowest BCUT2D eigenvalue weighted by atomic mass is 9.78. The topological polar surface area (TPSA) is 38.3 Å². The maximum atomic E-state index is 12.2. The number of benzene rings is 1. The van der Waals surface area contributed by atoms with E-state index in [1.54, 1.807) is 0 Å². The highest BCUT2D eigenvalue weighted by Gasteiger charge is 2.55. The van der Waals surface area contributed by atoms with Crippen molar-refractivity contribution in [2.75, 3.05) is 0 Å². The smallest absolute Gasteiger partial charge is 0.170 e. The number of nitrogens with one attached hydrogen (secondary N) is 1. The maximum absolute atomic E-state index is 12.2. The van der Waals surface area contributed by atoms with Gasteiger partial charge in [-0.25, -0.2) is 0 Å². The standard InChI is InChI=1S/C14H15NO2/c16-11-8-14(7-9-5-6-13(14)15-9)17-12-4-2-1-3-10(11)12/h1-4,9,13,15H,5-8H2/t9-,13-,14-/m0/s1. The normalized spacial score (nSPS) is 38.2. The van der Waals surface area contributed by atoms with Gasteiger partial charge in [0.2, 0.25) is 0 Å². The van der Waals surface area contributed by atoms with Crippen LogP contribution in [0.5, 0.6) is 5.75 Å². The predicted octanol–water partition coefficient (Wildman–Crippen LogP) is 1.91. The van der Waals surface area contributed by atoms with Gasteiger partial charge in [-0.15, -0.1) is 0 Å². The van der Waals surface area contributed by atoms with Crippen LogP contribution in [0, 0.1) is 0 Å². The number of Topliss-reactive ketones (excluding diaryl/α,β-unsaturated/α-hetero) is 1. The highest BCUT2D eigenvalue weighted by atomic mass is 16.5. The minimum absolute atomic E-state index is 0.237. The lowest BCUT2D eigenvalue weighted by Crippen LogP contribution is -2.51. The lowest BCUT2D eigenvalue weighted by molar-refractivity contribution is 0.0232. The van der Waals surface area contributed by atoms with Crippen LogP contribution < -0.4 is 10.1 Å². The first-order valence-electron chi connectivity index (χ1n) is 6.34. The van der Waals surface area contributed by atoms with Crippen molar-refractivity contribution in [2.45, 2.75) is 43.4 Å². The van der Waals surface area contributed by atoms with Crippen molar-refractivity contribution < 1.29 is 9.53 Å². The van der Waals surface area contributed by atoms with E-state index in [4.69, 9.17) is 4.74 Å². The van der Waals surface area contributed by atoms with Gasteiger partial charge in [0.15, 0.2) is 5.78 Å². The van der Waals surface area contributed by atoms with E-state index in [-0.39, 0.29) is 11.4 Å². The minimum atomic E-state index is -0.256. The highest BCUT2D eigenvalue weighted by Crippen LogP contribution is 2.46. The van der Waals surface area contributed by atoms with E-state index in [0.717, 1.165) is 24.2 Å². The number of ketones is 1. The van der Waals surface area contributed by atoms with Gasteiger partial charge < -0.3 is 10.1 Å². The molecular weight excluding hydrogens is 214 g/mol. The average Bonchev–Trinajstić information content (AvgIpc) is 2.89. The molecule has 0 radical (unpaired) electrons. The van der Waals surface area contributed by atoms with Crippen LogP contribution in [0.1, 0.15) is 36.0 Å². The zero-order chi connectivity index (χ0) is 11.5. The fourth-order valence-corrected chi connectivity index (χ4v) is 3.67. The van der Waals surface area contributed by atoms with Gasteiger partial charge in [0, 0.05) is 18.5 Å². The van der Waals surface area contributed by atoms with Gasteiger partial charge in [0.1, 0.15) is 11.4 Å². The van der Waals surface area contributed by atoms with E-state index >= 15 is 0 Å². The summed E-state index contributed by atoms with van der Waals surface area (Å²) in [5.74, 6) is 1.01. The molecule has 4 rings (SSSR count). The Morgan fingerprint density at radius 3 is 2.94 bits per heavy atom. The number of carbonyl (C=O) groups excluding carboxylic acids is 1. The molecular formula is C14H15NO2. The van der Waals surface area contributed by atoms with E-state index in [1.165, 1.54) is 6.42 Å². The van der Waals surface area contributed by atoms with Crippen LogP contribution in [-0.4, -0.2) is 23.5 Å². The third-order valence-corrected chi connectivity index (χ3v) is 4.43. The quantitative estimate of drug-likeness (QED) is 0.738. The second-order valence-electron chi connectivity index (χ2n) is 5.46. The fraction of sp³-hybridized carbons (Fsp3) is 0.500. The molecule has 2 fully saturated rings. The SMILES string of the molecule is O=C1C[C@]2(C[C@@H]3CC[C@@H]2N3)Oc2ccccc21. The van der Waals surface area contributed by atoms with Gasteiger partial charge in [0.25, 0.3) is 0 Å². The van der Waals surface area contributed by atoms with Crippen molar-refractivity contribution in [3.8, 4) is 5.75 Å². The highest BCUT2D eigenvalue weighted by molar-refractivity contribution is 6.00. The second-order valence-corrected chi connectivity index (χ2v) is 5.46. The number of hydrogen-bond donors (Lipinski definition) is 1. The van der Waals surface area contributed by atoms with Crippen LogP contribution in [0.4, 0.5) is 0 Å². The number of ether oxygens (including phenoxy) is 1. The third-order valence-electron chi connectivity index (χ3n) is 4.43. The van der Waals surface area contributed by atoms with Gasteiger partial charge >= 0.3 is 0 Å². The first-order chi connectivity index (χ1) is 8.27. The second kappa shape index (κ2) is 3.10. The van der Waals surface area contributed by atoms with Crippen LogP contribution in [0.2, 0.25) is 0 Å². The molecule has 1 N–H and O–H groups in total. The third kappa shape index (κ3) is 1.23. The number of rotatable bonds is 0. The zero-order valence-electron chi connectivity index (χ0n) is 9.61. The number of para-hydroxylation sites is 1. The number of carbonyl (C=O) groups is 1. The van der Waals surface area contributed by atoms with Crippen LogP contribution in [0.15, 0.2) is 24.3 Å². The van der Waals surface area contributed by atoms with Crippen molar-refractivity contribution in [3.05, 3.63) is 29.8 Å². The molecule has 0 aliphatic carbocycles. The summed E-state index contributed by atoms with van der Waals surface area (Å²) in [6, 6.07) is 8.54. The molecule has 2 saturated heterocycles. The zero-order valence-corrected chi connectivity index (χ0v) is 9.61. The van der Waals surface area contributed by atoms with Crippen molar-refractivity contribution in [1.29, 1.82) is 0 Å². The molecule has 0 unspecified atom stereocenters. The summed E-state index contributed by atoms with van der Waals surface area (Å²) in [7, 11) is 0. The molecule has 3 heterocycles. The molecule has 1 spiro atoms. The average molecular weight is 229 g/mol. The molecule has 1 aromatic rings. The molecule has 3 atom stereocenters. The van der Waals surface area contributed by atoms with E-state index in [0.29, 0.717) is 18.5 Å². The van der Waals surface area contributed by atoms with Crippen LogP contribution in [0.25, 0.3) is 0 Å². The summed E-state index contributed by atoms with van der Waals surface area (Å²) in [4.78, 5) is 12.2. The number of hydrogen-bond acceptors (Lipinski definition) is 3. The molecule has 0 amide bonds. The van der Waals surface area contributed by atoms with Crippen molar-refractivity contribution in [3.63, 3.8) is 0 Å². The maximum Gasteiger partial charge on any atom is 0.170 e. The molecule has 88 valence electrons. The summed E-state index contributed by atoms with van der Waals surface area (Å²) in [6.45, 7) is 0. The van der Waals surface area contributed by atoms with Crippen LogP contribution in [0.3, 0.4) is 0 Å². The van der Waals surface area contributed by atoms with Crippen molar-refractivity contribution in [1.82, 2.24) is 5.32 Å². The van der Waals surface area contributed by atoms with Gasteiger partial charge in [-0.2, -0.15) is 0 Å². The molecule has 2 bridgehead atoms. The van der Waals surface area contributed by atoms with Gasteiger partial charge in [0.05, 0.1) is 12.0 Å². The molecule has 1 aromatic carbocycles. The van der Waals surface area contributed by atoms with Gasteiger partial charge in [-0.05, 0) is 25.0 Å². The first-order valence-corrected chi connectivity index (χ1v) is 6.34. The molecule has 0 saturated carbocycles. The Morgan fingerprint density at radius 2 is 2.18 bits per heavy atom. The largest absolute Gasteiger partial charge is 0.484 e. The van der Waals surface area contributed by atoms with Crippen molar-refractivity contribution in [2.24, 2.45) is 0 Å². The van der Waals surface area contributed by atoms with Gasteiger partial charge in [-0.1, -0.05) is 12.1 Å². The first kappa shape index (κ1) is 9.66. The summed E-state index contributed by atoms with van der Waals surface area (Å²) >= 11 is 0. The molecule has 0 aromatic heterocycles. The Hall–Kier alpha value is -1.35. The Kier molecular flexibility index (Phi) is 1.76. The monoisotopic (exact) mass is 229 g/mol. The van der Waals surface area contributed by atoms with E-state index in [9.17, 15) is 4.79 Å². The molecule has 3 heteroatoms. The van der Waals surface area contributed by atoms with E-state index < -0.39 is 0 Å². The summed E-state index contributed by atoms with van der Waals surface area (Å²) in [6.07, 6.45) is 3.89. The van der Waals surface area contributed by atoms with E-state index in [1.807, 2.05) is 24.3 Å². The minimum Gasteiger partial charge on any atom is -0.484 e. The molecule has 3 nitrogen and oxygen atoms in total. The lowest BCUT2D eigenvalue weighted by Gasteiger charge is -2.40. The van der Waals surface area contributed by atoms with Crippen LogP contribution in [-0.2, 0) is 0 Å². The summed E-state index contributed by atoms with van der Waals surface area (Å²) in [5.41, 5.74) is 0.495. The Morgan fingerprint density at radius 1 is 1.29 bits per heavy atom. The fourth-order valence-electron chi connectivity index (χ4n) is 3.67. The Labute approximate surface area is 100 Å².